The first kappa shape index (κ1) is 26.4. The Labute approximate surface area is 211 Å². The van der Waals surface area contributed by atoms with Crippen molar-refractivity contribution in [2.24, 2.45) is 34.5 Å². The lowest BCUT2D eigenvalue weighted by atomic mass is 9.40. The van der Waals surface area contributed by atoms with Crippen LogP contribution in [-0.4, -0.2) is 44.7 Å². The van der Waals surface area contributed by atoms with Gasteiger partial charge in [-0.05, 0) is 61.1 Å². The van der Waals surface area contributed by atoms with Crippen molar-refractivity contribution in [3.63, 3.8) is 0 Å². The summed E-state index contributed by atoms with van der Waals surface area (Å²) in [6.45, 7) is 10.1. The van der Waals surface area contributed by atoms with Gasteiger partial charge in [-0.15, -0.1) is 0 Å². The van der Waals surface area contributed by atoms with Crippen molar-refractivity contribution in [3.8, 4) is 5.75 Å². The molecule has 0 radical (unpaired) electrons. The molecule has 1 aromatic carbocycles. The van der Waals surface area contributed by atoms with Gasteiger partial charge >= 0.3 is 0 Å². The van der Waals surface area contributed by atoms with E-state index in [0.29, 0.717) is 18.4 Å². The van der Waals surface area contributed by atoms with Crippen LogP contribution in [0.5, 0.6) is 5.75 Å². The Bertz CT molecular complexity index is 1200. The van der Waals surface area contributed by atoms with E-state index in [1.807, 2.05) is 6.07 Å². The largest absolute Gasteiger partial charge is 0.507 e. The predicted octanol–water partition coefficient (Wildman–Crippen LogP) is 3.44. The van der Waals surface area contributed by atoms with Crippen LogP contribution in [0.15, 0.2) is 12.1 Å². The number of carbonyl (C=O) groups excluding carboxylic acids is 5. The van der Waals surface area contributed by atoms with Crippen molar-refractivity contribution >= 4 is 28.9 Å². The summed E-state index contributed by atoms with van der Waals surface area (Å²) >= 11 is 0. The molecule has 194 valence electrons. The van der Waals surface area contributed by atoms with Gasteiger partial charge in [-0.1, -0.05) is 47.1 Å². The molecule has 0 amide bonds. The lowest BCUT2D eigenvalue weighted by Gasteiger charge is -2.61. The number of unbranched alkanes of at least 4 members (excludes halogenated alkanes) is 1. The van der Waals surface area contributed by atoms with Gasteiger partial charge in [0.05, 0.1) is 11.5 Å². The lowest BCUT2D eigenvalue weighted by molar-refractivity contribution is -0.205. The minimum atomic E-state index is -2.65. The number of aryl methyl sites for hydroxylation is 1. The van der Waals surface area contributed by atoms with Crippen LogP contribution in [0.4, 0.5) is 0 Å². The van der Waals surface area contributed by atoms with E-state index in [9.17, 15) is 34.2 Å². The smallest absolute Gasteiger partial charge is 0.190 e. The molecule has 3 aliphatic rings. The Hall–Kier alpha value is -2.67. The summed E-state index contributed by atoms with van der Waals surface area (Å²) in [5.74, 6) is -8.56. The zero-order valence-corrected chi connectivity index (χ0v) is 21.9. The van der Waals surface area contributed by atoms with E-state index < -0.39 is 63.1 Å². The van der Waals surface area contributed by atoms with Crippen LogP contribution in [0, 0.1) is 34.5 Å². The van der Waals surface area contributed by atoms with Gasteiger partial charge in [-0.3, -0.25) is 24.0 Å². The first-order valence-corrected chi connectivity index (χ1v) is 12.9. The highest BCUT2D eigenvalue weighted by atomic mass is 16.3. The van der Waals surface area contributed by atoms with E-state index in [4.69, 9.17) is 0 Å². The summed E-state index contributed by atoms with van der Waals surface area (Å²) in [5, 5.41) is 22.6. The SMILES string of the molecule is CCCCc1ccc(O)c2c1C[C@]1(C)C[C@]3(C)C(C(C)C)C(=O)C(C(C)=O)C(=O)[C@]3(O)C(=O)C1C2=O. The van der Waals surface area contributed by atoms with E-state index in [1.54, 1.807) is 27.7 Å². The van der Waals surface area contributed by atoms with E-state index in [1.165, 1.54) is 6.07 Å². The molecule has 7 heteroatoms. The lowest BCUT2D eigenvalue weighted by Crippen LogP contribution is -2.76. The van der Waals surface area contributed by atoms with Gasteiger partial charge in [0.2, 0.25) is 0 Å². The minimum Gasteiger partial charge on any atom is -0.507 e. The Morgan fingerprint density at radius 1 is 1.11 bits per heavy atom. The van der Waals surface area contributed by atoms with Crippen molar-refractivity contribution in [3.05, 3.63) is 28.8 Å². The normalized spacial score (nSPS) is 35.9. The third-order valence-corrected chi connectivity index (χ3v) is 9.16. The summed E-state index contributed by atoms with van der Waals surface area (Å²) in [6.07, 6.45) is 2.94. The first-order chi connectivity index (χ1) is 16.7. The van der Waals surface area contributed by atoms with Crippen LogP contribution >= 0.6 is 0 Å². The van der Waals surface area contributed by atoms with E-state index in [2.05, 4.69) is 6.92 Å². The molecule has 36 heavy (non-hydrogen) atoms. The summed E-state index contributed by atoms with van der Waals surface area (Å²) in [4.78, 5) is 67.6. The van der Waals surface area contributed by atoms with Crippen molar-refractivity contribution in [2.45, 2.75) is 79.2 Å². The summed E-state index contributed by atoms with van der Waals surface area (Å²) in [7, 11) is 0. The van der Waals surface area contributed by atoms with E-state index >= 15 is 0 Å². The van der Waals surface area contributed by atoms with Crippen molar-refractivity contribution < 1.29 is 34.2 Å². The average Bonchev–Trinajstić information content (AvgIpc) is 2.75. The fraction of sp³-hybridized carbons (Fsp3) is 0.621. The number of carbonyl (C=O) groups is 5. The number of ketones is 5. The first-order valence-electron chi connectivity index (χ1n) is 12.9. The van der Waals surface area contributed by atoms with Gasteiger partial charge in [0, 0.05) is 11.3 Å². The zero-order valence-electron chi connectivity index (χ0n) is 21.9. The number of benzene rings is 1. The average molecular weight is 497 g/mol. The van der Waals surface area contributed by atoms with Gasteiger partial charge in [-0.2, -0.15) is 0 Å². The fourth-order valence-corrected chi connectivity index (χ4v) is 7.80. The number of hydrogen-bond acceptors (Lipinski definition) is 7. The number of aliphatic hydroxyl groups is 1. The number of aromatic hydroxyl groups is 1. The Kier molecular flexibility index (Phi) is 6.19. The topological polar surface area (TPSA) is 126 Å². The number of phenols is 1. The van der Waals surface area contributed by atoms with Gasteiger partial charge in [0.15, 0.2) is 28.7 Å². The number of Topliss-reactive ketones (excluding diaryl/α,β-unsaturated/α-hetero) is 5. The molecule has 0 saturated heterocycles. The molecule has 0 bridgehead atoms. The molecule has 2 saturated carbocycles. The fourth-order valence-electron chi connectivity index (χ4n) is 7.80. The van der Waals surface area contributed by atoms with Gasteiger partial charge in [0.1, 0.15) is 17.5 Å². The third kappa shape index (κ3) is 3.24. The monoisotopic (exact) mass is 496 g/mol. The van der Waals surface area contributed by atoms with E-state index in [0.717, 1.165) is 25.3 Å². The second-order valence-electron chi connectivity index (χ2n) is 12.0. The van der Waals surface area contributed by atoms with Gasteiger partial charge in [-0.25, -0.2) is 0 Å². The summed E-state index contributed by atoms with van der Waals surface area (Å²) < 4.78 is 0. The second-order valence-corrected chi connectivity index (χ2v) is 12.0. The molecule has 7 nitrogen and oxygen atoms in total. The van der Waals surface area contributed by atoms with Crippen LogP contribution in [0.3, 0.4) is 0 Å². The Morgan fingerprint density at radius 3 is 2.31 bits per heavy atom. The number of rotatable bonds is 5. The maximum Gasteiger partial charge on any atom is 0.190 e. The molecule has 1 aromatic rings. The number of fused-ring (bicyclic) bond motifs is 3. The highest BCUT2D eigenvalue weighted by Crippen LogP contribution is 2.63. The Balaban J connectivity index is 1.95. The quantitative estimate of drug-likeness (QED) is 0.598. The van der Waals surface area contributed by atoms with Crippen LogP contribution in [0.2, 0.25) is 0 Å². The molecule has 2 fully saturated rings. The number of phenolic OH excluding ortho intramolecular Hbond substituents is 1. The predicted molar refractivity (Wildman–Crippen MR) is 132 cm³/mol. The standard InChI is InChI=1S/C29H36O7/c1-7-8-9-16-10-11-18(31)20-17(16)12-27(5)13-28(6)21(14(2)3)23(32)19(15(4)30)25(34)29(28,36)26(35)22(27)24(20)33/h10-11,14,19,21-22,31,36H,7-9,12-13H2,1-6H3/t19?,21?,22?,27-,28-,29+/m1/s1. The molecule has 4 rings (SSSR count). The molecule has 3 unspecified atom stereocenters. The molecule has 0 spiro atoms. The molecular weight excluding hydrogens is 460 g/mol. The molecular formula is C29H36O7. The molecule has 6 atom stereocenters. The molecule has 0 aliphatic heterocycles. The van der Waals surface area contributed by atoms with Crippen molar-refractivity contribution in [1.29, 1.82) is 0 Å². The molecule has 3 aliphatic carbocycles. The summed E-state index contributed by atoms with van der Waals surface area (Å²) in [5.41, 5.74) is -3.40. The maximum atomic E-state index is 14.2. The Morgan fingerprint density at radius 2 is 1.75 bits per heavy atom. The maximum absolute atomic E-state index is 14.2. The van der Waals surface area contributed by atoms with E-state index in [-0.39, 0.29) is 23.7 Å². The zero-order chi connectivity index (χ0) is 27.0. The minimum absolute atomic E-state index is 0.0753. The third-order valence-electron chi connectivity index (χ3n) is 9.16. The van der Waals surface area contributed by atoms with Crippen LogP contribution in [0.1, 0.15) is 82.3 Å². The van der Waals surface area contributed by atoms with Crippen LogP contribution < -0.4 is 0 Å². The highest BCUT2D eigenvalue weighted by Gasteiger charge is 2.76. The molecule has 2 N–H and O–H groups in total. The molecule has 0 heterocycles. The number of hydrogen-bond donors (Lipinski definition) is 2. The van der Waals surface area contributed by atoms with Crippen molar-refractivity contribution in [2.75, 3.05) is 0 Å². The highest BCUT2D eigenvalue weighted by molar-refractivity contribution is 6.32. The summed E-state index contributed by atoms with van der Waals surface area (Å²) in [6, 6.07) is 3.27. The molecule has 0 aromatic heterocycles. The van der Waals surface area contributed by atoms with Crippen LogP contribution in [0.25, 0.3) is 0 Å². The van der Waals surface area contributed by atoms with Gasteiger partial charge in [0.25, 0.3) is 0 Å². The van der Waals surface area contributed by atoms with Crippen molar-refractivity contribution in [1.82, 2.24) is 0 Å². The second kappa shape index (κ2) is 8.44. The van der Waals surface area contributed by atoms with Crippen LogP contribution in [-0.2, 0) is 32.0 Å². The van der Waals surface area contributed by atoms with Gasteiger partial charge < -0.3 is 10.2 Å².